The molecule has 0 bridgehead atoms. The number of benzene rings is 3. The fourth-order valence-electron chi connectivity index (χ4n) is 3.27. The lowest BCUT2D eigenvalue weighted by molar-refractivity contribution is 0.112. The van der Waals surface area contributed by atoms with Crippen LogP contribution in [-0.4, -0.2) is 18.0 Å². The average molecular weight is 315 g/mol. The van der Waals surface area contributed by atoms with Gasteiger partial charge in [-0.25, -0.2) is 0 Å². The lowest BCUT2D eigenvalue weighted by atomic mass is 10.0. The van der Waals surface area contributed by atoms with Crippen molar-refractivity contribution in [1.82, 2.24) is 4.57 Å². The van der Waals surface area contributed by atoms with Crippen LogP contribution in [-0.2, 0) is 6.54 Å². The molecule has 0 saturated carbocycles. The molecule has 3 aromatic carbocycles. The minimum atomic E-state index is 0.684. The van der Waals surface area contributed by atoms with Crippen LogP contribution in [0.4, 0.5) is 0 Å². The van der Waals surface area contributed by atoms with Gasteiger partial charge < -0.3 is 9.30 Å². The van der Waals surface area contributed by atoms with Gasteiger partial charge in [0.05, 0.1) is 7.11 Å². The van der Waals surface area contributed by atoms with E-state index in [9.17, 15) is 4.79 Å². The molecule has 4 rings (SSSR count). The maximum Gasteiger partial charge on any atom is 0.152 e. The first-order chi connectivity index (χ1) is 11.8. The van der Waals surface area contributed by atoms with Crippen LogP contribution in [0.1, 0.15) is 15.9 Å². The smallest absolute Gasteiger partial charge is 0.152 e. The molecule has 3 nitrogen and oxygen atoms in total. The van der Waals surface area contributed by atoms with Crippen LogP contribution < -0.4 is 4.74 Å². The number of carbonyl (C=O) groups is 1. The van der Waals surface area contributed by atoms with Crippen molar-refractivity contribution in [1.29, 1.82) is 0 Å². The van der Waals surface area contributed by atoms with Gasteiger partial charge in [0.15, 0.2) is 6.29 Å². The van der Waals surface area contributed by atoms with Gasteiger partial charge in [-0.1, -0.05) is 42.5 Å². The molecule has 0 aliphatic heterocycles. The molecule has 0 fully saturated rings. The summed E-state index contributed by atoms with van der Waals surface area (Å²) in [5, 5.41) is 3.39. The van der Waals surface area contributed by atoms with Gasteiger partial charge in [-0.15, -0.1) is 0 Å². The van der Waals surface area contributed by atoms with E-state index < -0.39 is 0 Å². The first-order valence-corrected chi connectivity index (χ1v) is 7.89. The third-order valence-corrected chi connectivity index (χ3v) is 4.47. The molecular formula is C21H17NO2. The Labute approximate surface area is 140 Å². The van der Waals surface area contributed by atoms with Crippen LogP contribution in [0.2, 0.25) is 0 Å². The topological polar surface area (TPSA) is 31.2 Å². The number of fused-ring (bicyclic) bond motifs is 2. The number of methoxy groups -OCH3 is 1. The fraction of sp³-hybridized carbons (Fsp3) is 0.0952. The highest BCUT2D eigenvalue weighted by Gasteiger charge is 2.10. The third-order valence-electron chi connectivity index (χ3n) is 4.47. The van der Waals surface area contributed by atoms with Gasteiger partial charge in [-0.2, -0.15) is 0 Å². The van der Waals surface area contributed by atoms with Crippen LogP contribution >= 0.6 is 0 Å². The predicted molar refractivity (Wildman–Crippen MR) is 96.9 cm³/mol. The Hall–Kier alpha value is -3.07. The first kappa shape index (κ1) is 14.5. The molecule has 1 aromatic heterocycles. The van der Waals surface area contributed by atoms with Gasteiger partial charge in [0.25, 0.3) is 0 Å². The van der Waals surface area contributed by atoms with Crippen molar-refractivity contribution in [2.45, 2.75) is 6.54 Å². The molecule has 24 heavy (non-hydrogen) atoms. The molecule has 1 heterocycles. The minimum absolute atomic E-state index is 0.684. The number of ether oxygens (including phenoxy) is 1. The van der Waals surface area contributed by atoms with E-state index in [0.717, 1.165) is 29.5 Å². The monoisotopic (exact) mass is 315 g/mol. The van der Waals surface area contributed by atoms with Gasteiger partial charge in [-0.3, -0.25) is 4.79 Å². The van der Waals surface area contributed by atoms with E-state index in [4.69, 9.17) is 4.74 Å². The SMILES string of the molecule is COc1ccc2c(c1)c(C=O)cn2Cc1cccc2ccccc12. The summed E-state index contributed by atoms with van der Waals surface area (Å²) in [6.07, 6.45) is 2.82. The van der Waals surface area contributed by atoms with Crippen LogP contribution in [0.5, 0.6) is 5.75 Å². The van der Waals surface area contributed by atoms with Crippen molar-refractivity contribution in [3.63, 3.8) is 0 Å². The van der Waals surface area contributed by atoms with Crippen LogP contribution in [0, 0.1) is 0 Å². The van der Waals surface area contributed by atoms with Gasteiger partial charge in [0.2, 0.25) is 0 Å². The van der Waals surface area contributed by atoms with Crippen molar-refractivity contribution < 1.29 is 9.53 Å². The maximum atomic E-state index is 11.4. The molecular weight excluding hydrogens is 298 g/mol. The predicted octanol–water partition coefficient (Wildman–Crippen LogP) is 4.66. The molecule has 0 atom stereocenters. The molecule has 4 aromatic rings. The van der Waals surface area contributed by atoms with Crippen molar-refractivity contribution in [3.05, 3.63) is 78.0 Å². The standard InChI is InChI=1S/C21H17NO2/c1-24-18-9-10-21-20(11-18)17(14-23)13-22(21)12-16-7-4-6-15-5-2-3-8-19(15)16/h2-11,13-14H,12H2,1H3. The summed E-state index contributed by atoms with van der Waals surface area (Å²) in [4.78, 5) is 11.4. The molecule has 3 heteroatoms. The summed E-state index contributed by atoms with van der Waals surface area (Å²) in [5.41, 5.74) is 2.95. The van der Waals surface area contributed by atoms with E-state index in [1.165, 1.54) is 16.3 Å². The van der Waals surface area contributed by atoms with E-state index in [1.54, 1.807) is 7.11 Å². The second kappa shape index (κ2) is 5.85. The van der Waals surface area contributed by atoms with Crippen LogP contribution in [0.15, 0.2) is 66.9 Å². The number of hydrogen-bond acceptors (Lipinski definition) is 2. The van der Waals surface area contributed by atoms with Crippen LogP contribution in [0.3, 0.4) is 0 Å². The molecule has 0 saturated heterocycles. The molecule has 0 aliphatic rings. The highest BCUT2D eigenvalue weighted by atomic mass is 16.5. The molecule has 0 aliphatic carbocycles. The molecule has 118 valence electrons. The largest absolute Gasteiger partial charge is 0.497 e. The highest BCUT2D eigenvalue weighted by Crippen LogP contribution is 2.27. The van der Waals surface area contributed by atoms with E-state index in [0.29, 0.717) is 5.56 Å². The number of aromatic nitrogens is 1. The van der Waals surface area contributed by atoms with Crippen molar-refractivity contribution in [2.24, 2.45) is 0 Å². The quantitative estimate of drug-likeness (QED) is 0.513. The van der Waals surface area contributed by atoms with Gasteiger partial charge in [0.1, 0.15) is 5.75 Å². The summed E-state index contributed by atoms with van der Waals surface area (Å²) in [6, 6.07) is 20.5. The van der Waals surface area contributed by atoms with Crippen molar-refractivity contribution in [3.8, 4) is 5.75 Å². The van der Waals surface area contributed by atoms with E-state index in [1.807, 2.05) is 30.5 Å². The molecule has 0 spiro atoms. The summed E-state index contributed by atoms with van der Waals surface area (Å²) in [7, 11) is 1.63. The highest BCUT2D eigenvalue weighted by molar-refractivity contribution is 5.98. The molecule has 0 N–H and O–H groups in total. The second-order valence-electron chi connectivity index (χ2n) is 5.85. The zero-order valence-corrected chi connectivity index (χ0v) is 13.4. The Balaban J connectivity index is 1.86. The molecule has 0 amide bonds. The van der Waals surface area contributed by atoms with E-state index in [-0.39, 0.29) is 0 Å². The zero-order valence-electron chi connectivity index (χ0n) is 13.4. The summed E-state index contributed by atoms with van der Waals surface area (Å²) in [5.74, 6) is 0.758. The number of rotatable bonds is 4. The average Bonchev–Trinajstić information content (AvgIpc) is 2.99. The Morgan fingerprint density at radius 3 is 2.67 bits per heavy atom. The van der Waals surface area contributed by atoms with Crippen molar-refractivity contribution >= 4 is 28.0 Å². The van der Waals surface area contributed by atoms with Crippen LogP contribution in [0.25, 0.3) is 21.7 Å². The van der Waals surface area contributed by atoms with Gasteiger partial charge in [0, 0.05) is 29.2 Å². The number of aldehydes is 1. The maximum absolute atomic E-state index is 11.4. The Bertz CT molecular complexity index is 1040. The lowest BCUT2D eigenvalue weighted by Gasteiger charge is -2.09. The number of carbonyl (C=O) groups excluding carboxylic acids is 1. The third kappa shape index (κ3) is 2.35. The van der Waals surface area contributed by atoms with E-state index in [2.05, 4.69) is 41.0 Å². The Morgan fingerprint density at radius 2 is 1.83 bits per heavy atom. The van der Waals surface area contributed by atoms with E-state index >= 15 is 0 Å². The normalized spacial score (nSPS) is 11.0. The molecule has 0 unspecified atom stereocenters. The van der Waals surface area contributed by atoms with Crippen molar-refractivity contribution in [2.75, 3.05) is 7.11 Å². The van der Waals surface area contributed by atoms with Gasteiger partial charge >= 0.3 is 0 Å². The first-order valence-electron chi connectivity index (χ1n) is 7.89. The summed E-state index contributed by atoms with van der Waals surface area (Å²) in [6.45, 7) is 0.720. The minimum Gasteiger partial charge on any atom is -0.497 e. The van der Waals surface area contributed by atoms with Gasteiger partial charge in [-0.05, 0) is 34.5 Å². The summed E-state index contributed by atoms with van der Waals surface area (Å²) >= 11 is 0. The Morgan fingerprint density at radius 1 is 1.00 bits per heavy atom. The number of hydrogen-bond donors (Lipinski definition) is 0. The Kier molecular flexibility index (Phi) is 3.54. The summed E-state index contributed by atoms with van der Waals surface area (Å²) < 4.78 is 7.41. The second-order valence-corrected chi connectivity index (χ2v) is 5.85. The number of nitrogens with zero attached hydrogens (tertiary/aromatic N) is 1. The fourth-order valence-corrected chi connectivity index (χ4v) is 3.27. The zero-order chi connectivity index (χ0) is 16.5. The lowest BCUT2D eigenvalue weighted by Crippen LogP contribution is -1.98. The molecule has 0 radical (unpaired) electrons.